The Kier molecular flexibility index (Phi) is 5.07. The number of hydrogen-bond acceptors (Lipinski definition) is 4. The monoisotopic (exact) mass is 353 g/mol. The number of rotatable bonds is 4. The average molecular weight is 353 g/mol. The first-order chi connectivity index (χ1) is 12.8. The highest BCUT2D eigenvalue weighted by molar-refractivity contribution is 5.95. The summed E-state index contributed by atoms with van der Waals surface area (Å²) in [5.74, 6) is 1.38. The van der Waals surface area contributed by atoms with Gasteiger partial charge in [-0.25, -0.2) is 0 Å². The largest absolute Gasteiger partial charge is 0.486 e. The molecule has 136 valence electrons. The summed E-state index contributed by atoms with van der Waals surface area (Å²) < 4.78 is 17.0. The second-order valence-electron chi connectivity index (χ2n) is 6.63. The number of carbonyl (C=O) groups excluding carboxylic acids is 1. The van der Waals surface area contributed by atoms with Gasteiger partial charge >= 0.3 is 0 Å². The van der Waals surface area contributed by atoms with Gasteiger partial charge in [0.25, 0.3) is 5.91 Å². The number of carbonyl (C=O) groups is 1. The number of ether oxygens (including phenoxy) is 3. The lowest BCUT2D eigenvalue weighted by atomic mass is 10.1. The lowest BCUT2D eigenvalue weighted by molar-refractivity contribution is -0.0246. The van der Waals surface area contributed by atoms with Crippen molar-refractivity contribution in [1.29, 1.82) is 0 Å². The molecule has 26 heavy (non-hydrogen) atoms. The van der Waals surface area contributed by atoms with Crippen molar-refractivity contribution in [3.05, 3.63) is 59.7 Å². The Morgan fingerprint density at radius 2 is 1.81 bits per heavy atom. The SMILES string of the molecule is O=C(c1ccc2c(c1)OCCO2)N1CCO[C@@H](CCc2ccccc2)C1. The number of hydrogen-bond donors (Lipinski definition) is 0. The minimum atomic E-state index is 0.0231. The number of fused-ring (bicyclic) bond motifs is 1. The molecular weight excluding hydrogens is 330 g/mol. The summed E-state index contributed by atoms with van der Waals surface area (Å²) in [6, 6.07) is 15.8. The molecule has 0 radical (unpaired) electrons. The van der Waals surface area contributed by atoms with Gasteiger partial charge in [0, 0.05) is 18.7 Å². The Balaban J connectivity index is 1.38. The predicted octanol–water partition coefficient (Wildman–Crippen LogP) is 2.93. The molecule has 1 atom stereocenters. The second kappa shape index (κ2) is 7.79. The second-order valence-corrected chi connectivity index (χ2v) is 6.63. The molecule has 0 N–H and O–H groups in total. The highest BCUT2D eigenvalue weighted by atomic mass is 16.6. The van der Waals surface area contributed by atoms with Crippen molar-refractivity contribution in [2.45, 2.75) is 18.9 Å². The highest BCUT2D eigenvalue weighted by Crippen LogP contribution is 2.31. The fourth-order valence-corrected chi connectivity index (χ4v) is 3.41. The maximum atomic E-state index is 12.9. The van der Waals surface area contributed by atoms with Crippen molar-refractivity contribution >= 4 is 5.91 Å². The van der Waals surface area contributed by atoms with Crippen molar-refractivity contribution in [3.8, 4) is 11.5 Å². The van der Waals surface area contributed by atoms with Crippen molar-refractivity contribution in [2.75, 3.05) is 32.9 Å². The van der Waals surface area contributed by atoms with E-state index in [9.17, 15) is 4.79 Å². The van der Waals surface area contributed by atoms with E-state index in [-0.39, 0.29) is 12.0 Å². The van der Waals surface area contributed by atoms with E-state index in [1.165, 1.54) is 5.56 Å². The van der Waals surface area contributed by atoms with Crippen LogP contribution in [0.3, 0.4) is 0 Å². The van der Waals surface area contributed by atoms with Crippen molar-refractivity contribution in [1.82, 2.24) is 4.90 Å². The molecule has 2 heterocycles. The zero-order valence-electron chi connectivity index (χ0n) is 14.7. The molecule has 2 aliphatic rings. The minimum Gasteiger partial charge on any atom is -0.486 e. The van der Waals surface area contributed by atoms with Gasteiger partial charge in [0.05, 0.1) is 12.7 Å². The van der Waals surface area contributed by atoms with Crippen LogP contribution in [-0.2, 0) is 11.2 Å². The number of benzene rings is 2. The summed E-state index contributed by atoms with van der Waals surface area (Å²) in [6.07, 6.45) is 1.94. The summed E-state index contributed by atoms with van der Waals surface area (Å²) in [4.78, 5) is 14.8. The molecule has 2 aliphatic heterocycles. The number of morpholine rings is 1. The molecule has 4 rings (SSSR count). The fraction of sp³-hybridized carbons (Fsp3) is 0.381. The summed E-state index contributed by atoms with van der Waals surface area (Å²) in [5.41, 5.74) is 1.93. The van der Waals surface area contributed by atoms with Crippen molar-refractivity contribution in [2.24, 2.45) is 0 Å². The zero-order valence-corrected chi connectivity index (χ0v) is 14.7. The molecule has 5 heteroatoms. The third-order valence-corrected chi connectivity index (χ3v) is 4.81. The molecular formula is C21H23NO4. The first-order valence-corrected chi connectivity index (χ1v) is 9.14. The fourth-order valence-electron chi connectivity index (χ4n) is 3.41. The Morgan fingerprint density at radius 3 is 2.65 bits per heavy atom. The topological polar surface area (TPSA) is 48.0 Å². The minimum absolute atomic E-state index is 0.0231. The van der Waals surface area contributed by atoms with Gasteiger partial charge < -0.3 is 19.1 Å². The summed E-state index contributed by atoms with van der Waals surface area (Å²) in [6.45, 7) is 2.89. The molecule has 2 aromatic rings. The van der Waals surface area contributed by atoms with Crippen LogP contribution in [0, 0.1) is 0 Å². The summed E-state index contributed by atoms with van der Waals surface area (Å²) in [7, 11) is 0. The molecule has 0 bridgehead atoms. The van der Waals surface area contributed by atoms with Crippen LogP contribution < -0.4 is 9.47 Å². The molecule has 2 aromatic carbocycles. The molecule has 5 nitrogen and oxygen atoms in total. The van der Waals surface area contributed by atoms with Gasteiger partial charge in [0.15, 0.2) is 11.5 Å². The Labute approximate surface area is 153 Å². The Hall–Kier alpha value is -2.53. The van der Waals surface area contributed by atoms with Gasteiger partial charge in [0.1, 0.15) is 13.2 Å². The zero-order chi connectivity index (χ0) is 17.8. The van der Waals surface area contributed by atoms with Crippen LogP contribution in [-0.4, -0.2) is 49.8 Å². The van der Waals surface area contributed by atoms with E-state index in [2.05, 4.69) is 24.3 Å². The van der Waals surface area contributed by atoms with E-state index < -0.39 is 0 Å². The Bertz CT molecular complexity index is 762. The van der Waals surface area contributed by atoms with E-state index >= 15 is 0 Å². The van der Waals surface area contributed by atoms with E-state index in [1.807, 2.05) is 23.1 Å². The molecule has 1 saturated heterocycles. The van der Waals surface area contributed by atoms with E-state index in [1.54, 1.807) is 6.07 Å². The average Bonchev–Trinajstić information content (AvgIpc) is 2.72. The maximum Gasteiger partial charge on any atom is 0.254 e. The van der Waals surface area contributed by atoms with Gasteiger partial charge in [-0.15, -0.1) is 0 Å². The molecule has 0 unspecified atom stereocenters. The summed E-state index contributed by atoms with van der Waals surface area (Å²) >= 11 is 0. The number of amides is 1. The van der Waals surface area contributed by atoms with Gasteiger partial charge in [-0.1, -0.05) is 30.3 Å². The number of aryl methyl sites for hydroxylation is 1. The van der Waals surface area contributed by atoms with Gasteiger partial charge in [-0.05, 0) is 36.6 Å². The molecule has 1 amide bonds. The van der Waals surface area contributed by atoms with Crippen LogP contribution in [0.5, 0.6) is 11.5 Å². The maximum absolute atomic E-state index is 12.9. The van der Waals surface area contributed by atoms with Crippen LogP contribution in [0.1, 0.15) is 22.3 Å². The molecule has 1 fully saturated rings. The quantitative estimate of drug-likeness (QED) is 0.848. The predicted molar refractivity (Wildman–Crippen MR) is 97.8 cm³/mol. The highest BCUT2D eigenvalue weighted by Gasteiger charge is 2.26. The third-order valence-electron chi connectivity index (χ3n) is 4.81. The first-order valence-electron chi connectivity index (χ1n) is 9.14. The van der Waals surface area contributed by atoms with Gasteiger partial charge in [-0.2, -0.15) is 0 Å². The lowest BCUT2D eigenvalue weighted by Crippen LogP contribution is -2.45. The van der Waals surface area contributed by atoms with Crippen LogP contribution in [0.25, 0.3) is 0 Å². The van der Waals surface area contributed by atoms with Crippen LogP contribution in [0.15, 0.2) is 48.5 Å². The Morgan fingerprint density at radius 1 is 1.00 bits per heavy atom. The molecule has 0 aromatic heterocycles. The molecule has 0 saturated carbocycles. The van der Waals surface area contributed by atoms with E-state index in [4.69, 9.17) is 14.2 Å². The summed E-state index contributed by atoms with van der Waals surface area (Å²) in [5, 5.41) is 0. The smallest absolute Gasteiger partial charge is 0.254 e. The van der Waals surface area contributed by atoms with Crippen LogP contribution in [0.2, 0.25) is 0 Å². The molecule has 0 aliphatic carbocycles. The standard InChI is InChI=1S/C21H23NO4/c23-21(17-7-9-19-20(14-17)26-13-12-25-19)22-10-11-24-18(15-22)8-6-16-4-2-1-3-5-16/h1-5,7,9,14,18H,6,8,10-13,15H2/t18-/m0/s1. The lowest BCUT2D eigenvalue weighted by Gasteiger charge is -2.33. The van der Waals surface area contributed by atoms with E-state index in [0.717, 1.165) is 12.8 Å². The van der Waals surface area contributed by atoms with Gasteiger partial charge in [0.2, 0.25) is 0 Å². The molecule has 0 spiro atoms. The van der Waals surface area contributed by atoms with Crippen molar-refractivity contribution in [3.63, 3.8) is 0 Å². The normalized spacial score (nSPS) is 19.2. The third kappa shape index (κ3) is 3.83. The van der Waals surface area contributed by atoms with E-state index in [0.29, 0.717) is 50.0 Å². The first kappa shape index (κ1) is 16.9. The van der Waals surface area contributed by atoms with Gasteiger partial charge in [-0.3, -0.25) is 4.79 Å². The van der Waals surface area contributed by atoms with Crippen molar-refractivity contribution < 1.29 is 19.0 Å². The van der Waals surface area contributed by atoms with Crippen LogP contribution in [0.4, 0.5) is 0 Å². The number of nitrogens with zero attached hydrogens (tertiary/aromatic N) is 1. The van der Waals surface area contributed by atoms with Crippen LogP contribution >= 0.6 is 0 Å².